The molecule has 0 bridgehead atoms. The molecule has 1 amide bonds. The molecule has 26 heavy (non-hydrogen) atoms. The predicted molar refractivity (Wildman–Crippen MR) is 104 cm³/mol. The molecular formula is C20H18ClN3O2. The number of rotatable bonds is 3. The van der Waals surface area contributed by atoms with Crippen LogP contribution in [0.25, 0.3) is 10.9 Å². The summed E-state index contributed by atoms with van der Waals surface area (Å²) in [4.78, 5) is 19.3. The predicted octanol–water partition coefficient (Wildman–Crippen LogP) is 3.98. The van der Waals surface area contributed by atoms with Gasteiger partial charge in [-0.25, -0.2) is 4.98 Å². The molecule has 1 fully saturated rings. The van der Waals surface area contributed by atoms with Gasteiger partial charge in [0, 0.05) is 29.9 Å². The van der Waals surface area contributed by atoms with Gasteiger partial charge in [-0.2, -0.15) is 0 Å². The molecule has 5 nitrogen and oxygen atoms in total. The Morgan fingerprint density at radius 3 is 2.58 bits per heavy atom. The monoisotopic (exact) mass is 367 g/mol. The molecule has 132 valence electrons. The Bertz CT molecular complexity index is 937. The highest BCUT2D eigenvalue weighted by Crippen LogP contribution is 2.23. The maximum atomic E-state index is 12.7. The van der Waals surface area contributed by atoms with Crippen LogP contribution in [-0.4, -0.2) is 37.2 Å². The third-order valence-corrected chi connectivity index (χ3v) is 4.62. The van der Waals surface area contributed by atoms with Crippen LogP contribution in [-0.2, 0) is 4.74 Å². The van der Waals surface area contributed by atoms with Crippen LogP contribution >= 0.6 is 11.6 Å². The SMILES string of the molecule is O=C(Nc1ccc(N2CCOCC2)cc1)c1cc(Cl)nc2ccccc12. The summed E-state index contributed by atoms with van der Waals surface area (Å²) in [5.74, 6) is -0.204. The van der Waals surface area contributed by atoms with Crippen molar-refractivity contribution >= 4 is 39.8 Å². The number of halogens is 1. The first-order valence-electron chi connectivity index (χ1n) is 8.50. The maximum Gasteiger partial charge on any atom is 0.256 e. The lowest BCUT2D eigenvalue weighted by atomic mass is 10.1. The highest BCUT2D eigenvalue weighted by Gasteiger charge is 2.14. The van der Waals surface area contributed by atoms with Gasteiger partial charge in [0.05, 0.1) is 24.3 Å². The fourth-order valence-corrected chi connectivity index (χ4v) is 3.31. The average Bonchev–Trinajstić information content (AvgIpc) is 2.68. The topological polar surface area (TPSA) is 54.5 Å². The Kier molecular flexibility index (Phi) is 4.73. The third kappa shape index (κ3) is 3.49. The van der Waals surface area contributed by atoms with Gasteiger partial charge in [-0.1, -0.05) is 29.8 Å². The van der Waals surface area contributed by atoms with Gasteiger partial charge < -0.3 is 15.0 Å². The van der Waals surface area contributed by atoms with Gasteiger partial charge in [0.2, 0.25) is 0 Å². The Morgan fingerprint density at radius 2 is 1.81 bits per heavy atom. The van der Waals surface area contributed by atoms with Crippen LogP contribution < -0.4 is 10.2 Å². The quantitative estimate of drug-likeness (QED) is 0.711. The molecule has 1 N–H and O–H groups in total. The van der Waals surface area contributed by atoms with Crippen molar-refractivity contribution in [1.29, 1.82) is 0 Å². The fraction of sp³-hybridized carbons (Fsp3) is 0.200. The third-order valence-electron chi connectivity index (χ3n) is 4.43. The van der Waals surface area contributed by atoms with E-state index in [1.165, 1.54) is 0 Å². The van der Waals surface area contributed by atoms with Crippen LogP contribution in [0.3, 0.4) is 0 Å². The van der Waals surface area contributed by atoms with Crippen molar-refractivity contribution in [1.82, 2.24) is 4.98 Å². The first kappa shape index (κ1) is 16.8. The van der Waals surface area contributed by atoms with Crippen LogP contribution in [0, 0.1) is 0 Å². The molecule has 4 rings (SSSR count). The van der Waals surface area contributed by atoms with Crippen molar-refractivity contribution in [3.05, 3.63) is 65.3 Å². The van der Waals surface area contributed by atoms with Gasteiger partial charge in [0.25, 0.3) is 5.91 Å². The second-order valence-corrected chi connectivity index (χ2v) is 6.50. The van der Waals surface area contributed by atoms with E-state index in [1.54, 1.807) is 6.07 Å². The minimum absolute atomic E-state index is 0.204. The molecule has 1 aliphatic rings. The van der Waals surface area contributed by atoms with Crippen LogP contribution in [0.5, 0.6) is 0 Å². The van der Waals surface area contributed by atoms with E-state index in [1.807, 2.05) is 48.5 Å². The number of hydrogen-bond donors (Lipinski definition) is 1. The summed E-state index contributed by atoms with van der Waals surface area (Å²) in [6.07, 6.45) is 0. The van der Waals surface area contributed by atoms with Gasteiger partial charge in [-0.3, -0.25) is 4.79 Å². The number of hydrogen-bond acceptors (Lipinski definition) is 4. The Hall–Kier alpha value is -2.63. The molecule has 0 spiro atoms. The van der Waals surface area contributed by atoms with E-state index < -0.39 is 0 Å². The molecule has 1 saturated heterocycles. The number of para-hydroxylation sites is 1. The van der Waals surface area contributed by atoms with Crippen LogP contribution in [0.1, 0.15) is 10.4 Å². The summed E-state index contributed by atoms with van der Waals surface area (Å²) in [6.45, 7) is 3.25. The number of carbonyl (C=O) groups is 1. The molecule has 0 unspecified atom stereocenters. The number of benzene rings is 2. The van der Waals surface area contributed by atoms with E-state index in [0.29, 0.717) is 16.2 Å². The van der Waals surface area contributed by atoms with Crippen LogP contribution in [0.4, 0.5) is 11.4 Å². The summed E-state index contributed by atoms with van der Waals surface area (Å²) in [5, 5.41) is 4.02. The largest absolute Gasteiger partial charge is 0.378 e. The fourth-order valence-electron chi connectivity index (χ4n) is 3.11. The second kappa shape index (κ2) is 7.32. The van der Waals surface area contributed by atoms with Gasteiger partial charge in [0.1, 0.15) is 5.15 Å². The van der Waals surface area contributed by atoms with E-state index >= 15 is 0 Å². The van der Waals surface area contributed by atoms with Crippen molar-refractivity contribution < 1.29 is 9.53 Å². The number of morpholine rings is 1. The molecule has 0 atom stereocenters. The van der Waals surface area contributed by atoms with Crippen molar-refractivity contribution in [2.45, 2.75) is 0 Å². The summed E-state index contributed by atoms with van der Waals surface area (Å²) >= 11 is 6.07. The number of nitrogens with zero attached hydrogens (tertiary/aromatic N) is 2. The standard InChI is InChI=1S/C20H18ClN3O2/c21-19-13-17(16-3-1-2-4-18(16)23-19)20(25)22-14-5-7-15(8-6-14)24-9-11-26-12-10-24/h1-8,13H,9-12H2,(H,22,25). The highest BCUT2D eigenvalue weighted by atomic mass is 35.5. The zero-order chi connectivity index (χ0) is 17.9. The summed E-state index contributed by atoms with van der Waals surface area (Å²) < 4.78 is 5.38. The first-order chi connectivity index (χ1) is 12.7. The molecule has 0 radical (unpaired) electrons. The minimum Gasteiger partial charge on any atom is -0.378 e. The van der Waals surface area contributed by atoms with Gasteiger partial charge in [-0.05, 0) is 36.4 Å². The molecule has 0 aliphatic carbocycles. The molecular weight excluding hydrogens is 350 g/mol. The Labute approximate surface area is 156 Å². The van der Waals surface area contributed by atoms with E-state index in [0.717, 1.165) is 43.1 Å². The normalized spacial score (nSPS) is 14.4. The minimum atomic E-state index is -0.204. The van der Waals surface area contributed by atoms with E-state index in [9.17, 15) is 4.79 Å². The molecule has 1 aliphatic heterocycles. The smallest absolute Gasteiger partial charge is 0.256 e. The lowest BCUT2D eigenvalue weighted by Gasteiger charge is -2.28. The van der Waals surface area contributed by atoms with E-state index in [4.69, 9.17) is 16.3 Å². The number of anilines is 2. The average molecular weight is 368 g/mol. The maximum absolute atomic E-state index is 12.7. The van der Waals surface area contributed by atoms with Crippen molar-refractivity contribution in [2.24, 2.45) is 0 Å². The summed E-state index contributed by atoms with van der Waals surface area (Å²) in [7, 11) is 0. The van der Waals surface area contributed by atoms with Gasteiger partial charge >= 0.3 is 0 Å². The Morgan fingerprint density at radius 1 is 1.08 bits per heavy atom. The summed E-state index contributed by atoms with van der Waals surface area (Å²) in [5.41, 5.74) is 3.08. The van der Waals surface area contributed by atoms with Gasteiger partial charge in [-0.15, -0.1) is 0 Å². The molecule has 6 heteroatoms. The molecule has 1 aromatic heterocycles. The second-order valence-electron chi connectivity index (χ2n) is 6.11. The van der Waals surface area contributed by atoms with Crippen molar-refractivity contribution in [2.75, 3.05) is 36.5 Å². The zero-order valence-electron chi connectivity index (χ0n) is 14.1. The van der Waals surface area contributed by atoms with Gasteiger partial charge in [0.15, 0.2) is 0 Å². The molecule has 2 heterocycles. The van der Waals surface area contributed by atoms with Crippen LogP contribution in [0.2, 0.25) is 5.15 Å². The zero-order valence-corrected chi connectivity index (χ0v) is 14.9. The van der Waals surface area contributed by atoms with E-state index in [-0.39, 0.29) is 5.91 Å². The number of ether oxygens (including phenoxy) is 1. The number of pyridine rings is 1. The lowest BCUT2D eigenvalue weighted by molar-refractivity contribution is 0.102. The van der Waals surface area contributed by atoms with Crippen LogP contribution in [0.15, 0.2) is 54.6 Å². The highest BCUT2D eigenvalue weighted by molar-refractivity contribution is 6.30. The number of aromatic nitrogens is 1. The number of carbonyl (C=O) groups excluding carboxylic acids is 1. The number of nitrogens with one attached hydrogen (secondary N) is 1. The molecule has 0 saturated carbocycles. The van der Waals surface area contributed by atoms with E-state index in [2.05, 4.69) is 15.2 Å². The van der Waals surface area contributed by atoms with Crippen molar-refractivity contribution in [3.63, 3.8) is 0 Å². The molecule has 2 aromatic carbocycles. The molecule has 3 aromatic rings. The Balaban J connectivity index is 1.55. The summed E-state index contributed by atoms with van der Waals surface area (Å²) in [6, 6.07) is 16.9. The first-order valence-corrected chi connectivity index (χ1v) is 8.88. The lowest BCUT2D eigenvalue weighted by Crippen LogP contribution is -2.36. The number of fused-ring (bicyclic) bond motifs is 1. The van der Waals surface area contributed by atoms with Crippen molar-refractivity contribution in [3.8, 4) is 0 Å². The number of amides is 1.